The van der Waals surface area contributed by atoms with E-state index in [1.54, 1.807) is 19.9 Å². The molecular formula is C23H26FNO6. The molecule has 1 aliphatic heterocycles. The smallest absolute Gasteiger partial charge is 0.336 e. The normalized spacial score (nSPS) is 23.3. The van der Waals surface area contributed by atoms with Gasteiger partial charge in [0.05, 0.1) is 19.3 Å². The lowest BCUT2D eigenvalue weighted by Gasteiger charge is -2.38. The number of esters is 2. The minimum absolute atomic E-state index is 0.0314. The van der Waals surface area contributed by atoms with Crippen LogP contribution in [0.2, 0.25) is 0 Å². The molecule has 166 valence electrons. The van der Waals surface area contributed by atoms with Gasteiger partial charge in [0.1, 0.15) is 18.3 Å². The number of halogens is 1. The fraction of sp³-hybridized carbons (Fsp3) is 0.435. The summed E-state index contributed by atoms with van der Waals surface area (Å²) in [6.45, 7) is 3.76. The molecule has 0 unspecified atom stereocenters. The van der Waals surface area contributed by atoms with Crippen LogP contribution in [0.3, 0.4) is 0 Å². The van der Waals surface area contributed by atoms with Crippen LogP contribution in [0.4, 0.5) is 4.39 Å². The van der Waals surface area contributed by atoms with Crippen molar-refractivity contribution in [2.24, 2.45) is 11.8 Å². The van der Waals surface area contributed by atoms with Crippen molar-refractivity contribution in [1.29, 1.82) is 0 Å². The number of Topliss-reactive ketones (excluding diaryl/α,β-unsaturated/α-hetero) is 1. The number of ether oxygens (including phenoxy) is 3. The highest BCUT2D eigenvalue weighted by atomic mass is 19.1. The third kappa shape index (κ3) is 4.39. The number of carbonyl (C=O) groups is 3. The topological polar surface area (TPSA) is 90.9 Å². The highest BCUT2D eigenvalue weighted by molar-refractivity contribution is 6.12. The average Bonchev–Trinajstić information content (AvgIpc) is 2.72. The Labute approximate surface area is 180 Å². The summed E-state index contributed by atoms with van der Waals surface area (Å²) in [5.41, 5.74) is 2.04. The SMILES string of the molecule is COCCOC(=O)C1=C(C)NC2=C(C(=O)[C@H](C(=O)OC)[C@H](C)C2)[C@@H]1c1cccc(F)c1. The second-order valence-electron chi connectivity index (χ2n) is 7.72. The van der Waals surface area contributed by atoms with Gasteiger partial charge in [-0.15, -0.1) is 0 Å². The molecule has 0 aromatic heterocycles. The predicted octanol–water partition coefficient (Wildman–Crippen LogP) is 2.63. The summed E-state index contributed by atoms with van der Waals surface area (Å²) < 4.78 is 29.2. The third-order valence-corrected chi connectivity index (χ3v) is 5.67. The summed E-state index contributed by atoms with van der Waals surface area (Å²) in [5, 5.41) is 3.15. The van der Waals surface area contributed by atoms with Gasteiger partial charge < -0.3 is 19.5 Å². The number of ketones is 1. The van der Waals surface area contributed by atoms with E-state index in [1.165, 1.54) is 32.4 Å². The van der Waals surface area contributed by atoms with Crippen LogP contribution in [0.15, 0.2) is 46.8 Å². The Morgan fingerprint density at radius 3 is 2.61 bits per heavy atom. The number of hydrogen-bond donors (Lipinski definition) is 1. The lowest BCUT2D eigenvalue weighted by molar-refractivity contribution is -0.151. The van der Waals surface area contributed by atoms with Crippen LogP contribution >= 0.6 is 0 Å². The van der Waals surface area contributed by atoms with E-state index in [9.17, 15) is 18.8 Å². The molecule has 7 nitrogen and oxygen atoms in total. The largest absolute Gasteiger partial charge is 0.468 e. The zero-order valence-corrected chi connectivity index (χ0v) is 18.0. The van der Waals surface area contributed by atoms with Crippen molar-refractivity contribution in [3.8, 4) is 0 Å². The first-order valence-electron chi connectivity index (χ1n) is 10.0. The van der Waals surface area contributed by atoms with Gasteiger partial charge in [-0.3, -0.25) is 9.59 Å². The first-order chi connectivity index (χ1) is 14.8. The van der Waals surface area contributed by atoms with E-state index < -0.39 is 35.4 Å². The molecule has 3 rings (SSSR count). The molecule has 2 aliphatic rings. The van der Waals surface area contributed by atoms with E-state index >= 15 is 0 Å². The number of hydrogen-bond acceptors (Lipinski definition) is 7. The fourth-order valence-corrected chi connectivity index (χ4v) is 4.27. The second kappa shape index (κ2) is 9.43. The summed E-state index contributed by atoms with van der Waals surface area (Å²) in [6, 6.07) is 5.74. The van der Waals surface area contributed by atoms with Gasteiger partial charge in [0.2, 0.25) is 0 Å². The van der Waals surface area contributed by atoms with Crippen LogP contribution in [0.1, 0.15) is 31.7 Å². The van der Waals surface area contributed by atoms with Gasteiger partial charge in [0, 0.05) is 30.0 Å². The van der Waals surface area contributed by atoms with Gasteiger partial charge in [0.25, 0.3) is 0 Å². The summed E-state index contributed by atoms with van der Waals surface area (Å²) in [5.74, 6) is -4.34. The maximum atomic E-state index is 14.1. The molecule has 0 radical (unpaired) electrons. The maximum Gasteiger partial charge on any atom is 0.336 e. The van der Waals surface area contributed by atoms with E-state index in [2.05, 4.69) is 5.32 Å². The van der Waals surface area contributed by atoms with Crippen molar-refractivity contribution in [2.45, 2.75) is 26.2 Å². The molecule has 31 heavy (non-hydrogen) atoms. The fourth-order valence-electron chi connectivity index (χ4n) is 4.27. The molecule has 0 bridgehead atoms. The monoisotopic (exact) mass is 431 g/mol. The molecule has 8 heteroatoms. The van der Waals surface area contributed by atoms with Crippen molar-refractivity contribution in [3.05, 3.63) is 58.2 Å². The van der Waals surface area contributed by atoms with Crippen molar-refractivity contribution < 1.29 is 33.0 Å². The van der Waals surface area contributed by atoms with Gasteiger partial charge >= 0.3 is 11.9 Å². The molecule has 0 fully saturated rings. The van der Waals surface area contributed by atoms with Crippen LogP contribution in [0.5, 0.6) is 0 Å². The quantitative estimate of drug-likeness (QED) is 0.421. The molecule has 0 amide bonds. The minimum atomic E-state index is -0.995. The molecule has 1 N–H and O–H groups in total. The molecule has 1 aromatic carbocycles. The Hall–Kier alpha value is -3.00. The Bertz CT molecular complexity index is 967. The van der Waals surface area contributed by atoms with Gasteiger partial charge in [-0.05, 0) is 37.0 Å². The van der Waals surface area contributed by atoms with Crippen LogP contribution in [0, 0.1) is 17.7 Å². The Morgan fingerprint density at radius 1 is 1.23 bits per heavy atom. The molecule has 0 spiro atoms. The maximum absolute atomic E-state index is 14.1. The summed E-state index contributed by atoms with van der Waals surface area (Å²) >= 11 is 0. The van der Waals surface area contributed by atoms with E-state index in [0.29, 0.717) is 23.4 Å². The summed E-state index contributed by atoms with van der Waals surface area (Å²) in [7, 11) is 2.72. The second-order valence-corrected chi connectivity index (χ2v) is 7.72. The van der Waals surface area contributed by atoms with Gasteiger partial charge in [-0.25, -0.2) is 9.18 Å². The third-order valence-electron chi connectivity index (χ3n) is 5.67. The highest BCUT2D eigenvalue weighted by Crippen LogP contribution is 2.45. The van der Waals surface area contributed by atoms with E-state index in [4.69, 9.17) is 14.2 Å². The van der Waals surface area contributed by atoms with Gasteiger partial charge in [-0.2, -0.15) is 0 Å². The number of dihydropyridines is 1. The Kier molecular flexibility index (Phi) is 6.90. The van der Waals surface area contributed by atoms with E-state index in [-0.39, 0.29) is 30.3 Å². The number of methoxy groups -OCH3 is 2. The van der Waals surface area contributed by atoms with Gasteiger partial charge in [-0.1, -0.05) is 19.1 Å². The Morgan fingerprint density at radius 2 is 1.97 bits per heavy atom. The molecule has 0 saturated heterocycles. The average molecular weight is 431 g/mol. The number of benzene rings is 1. The van der Waals surface area contributed by atoms with Crippen LogP contribution < -0.4 is 5.32 Å². The highest BCUT2D eigenvalue weighted by Gasteiger charge is 2.47. The van der Waals surface area contributed by atoms with E-state index in [0.717, 1.165) is 0 Å². The molecule has 0 saturated carbocycles. The summed E-state index contributed by atoms with van der Waals surface area (Å²) in [6.07, 6.45) is 0.413. The standard InChI is InChI=1S/C23H26FNO6/c1-12-10-16-20(21(26)17(12)22(27)30-4)19(14-6-5-7-15(24)11-14)18(13(2)25-16)23(28)31-9-8-29-3/h5-7,11-12,17,19,25H,8-10H2,1-4H3/t12-,17-,19-/m1/s1. The van der Waals surface area contributed by atoms with Crippen molar-refractivity contribution in [2.75, 3.05) is 27.4 Å². The van der Waals surface area contributed by atoms with Crippen LogP contribution in [-0.4, -0.2) is 45.2 Å². The molecule has 3 atom stereocenters. The number of carbonyl (C=O) groups excluding carboxylic acids is 3. The van der Waals surface area contributed by atoms with E-state index in [1.807, 2.05) is 0 Å². The van der Waals surface area contributed by atoms with Crippen molar-refractivity contribution >= 4 is 17.7 Å². The van der Waals surface area contributed by atoms with Crippen molar-refractivity contribution in [1.82, 2.24) is 5.32 Å². The molecule has 1 aromatic rings. The lowest BCUT2D eigenvalue weighted by atomic mass is 9.69. The zero-order valence-electron chi connectivity index (χ0n) is 18.0. The molecular weight excluding hydrogens is 405 g/mol. The first kappa shape index (κ1) is 22.7. The summed E-state index contributed by atoms with van der Waals surface area (Å²) in [4.78, 5) is 38.8. The Balaban J connectivity index is 2.12. The number of rotatable bonds is 6. The lowest BCUT2D eigenvalue weighted by Crippen LogP contribution is -2.43. The molecule has 1 aliphatic carbocycles. The zero-order chi connectivity index (χ0) is 22.7. The number of allylic oxidation sites excluding steroid dienone is 3. The van der Waals surface area contributed by atoms with Crippen LogP contribution in [-0.2, 0) is 28.6 Å². The predicted molar refractivity (Wildman–Crippen MR) is 109 cm³/mol. The molecule has 1 heterocycles. The van der Waals surface area contributed by atoms with Crippen molar-refractivity contribution in [3.63, 3.8) is 0 Å². The van der Waals surface area contributed by atoms with Gasteiger partial charge in [0.15, 0.2) is 5.78 Å². The van der Waals surface area contributed by atoms with Crippen LogP contribution in [0.25, 0.3) is 0 Å². The minimum Gasteiger partial charge on any atom is -0.468 e. The number of nitrogens with one attached hydrogen (secondary N) is 1. The first-order valence-corrected chi connectivity index (χ1v) is 10.0.